The summed E-state index contributed by atoms with van der Waals surface area (Å²) in [5, 5.41) is 3.02. The third kappa shape index (κ3) is 4.53. The molecule has 1 N–H and O–H groups in total. The molecule has 3 heterocycles. The molecule has 1 amide bonds. The molecule has 1 aromatic carbocycles. The number of carbonyl (C=O) groups excluding carboxylic acids is 1. The summed E-state index contributed by atoms with van der Waals surface area (Å²) in [5.41, 5.74) is 1.74. The SMILES string of the molecule is O=C(Nc1ccc(Oc2cccnc2)cc1)[C@@H]1CCCN1Cc1ccccn1. The monoisotopic (exact) mass is 374 g/mol. The van der Waals surface area contributed by atoms with Crippen LogP contribution in [0.4, 0.5) is 5.69 Å². The number of ether oxygens (including phenoxy) is 1. The van der Waals surface area contributed by atoms with E-state index in [-0.39, 0.29) is 11.9 Å². The van der Waals surface area contributed by atoms with Crippen molar-refractivity contribution >= 4 is 11.6 Å². The molecule has 0 bridgehead atoms. The van der Waals surface area contributed by atoms with Gasteiger partial charge in [-0.25, -0.2) is 0 Å². The van der Waals surface area contributed by atoms with E-state index in [0.717, 1.165) is 30.8 Å². The molecule has 1 aliphatic rings. The van der Waals surface area contributed by atoms with Crippen molar-refractivity contribution in [2.24, 2.45) is 0 Å². The predicted molar refractivity (Wildman–Crippen MR) is 107 cm³/mol. The number of anilines is 1. The van der Waals surface area contributed by atoms with Crippen molar-refractivity contribution in [2.75, 3.05) is 11.9 Å². The lowest BCUT2D eigenvalue weighted by Gasteiger charge is -2.23. The second-order valence-electron chi connectivity index (χ2n) is 6.75. The summed E-state index contributed by atoms with van der Waals surface area (Å²) in [6.07, 6.45) is 7.02. The Hall–Kier alpha value is -3.25. The highest BCUT2D eigenvalue weighted by Crippen LogP contribution is 2.24. The third-order valence-corrected chi connectivity index (χ3v) is 4.75. The molecule has 6 heteroatoms. The summed E-state index contributed by atoms with van der Waals surface area (Å²) >= 11 is 0. The molecule has 1 saturated heterocycles. The zero-order chi connectivity index (χ0) is 19.2. The molecule has 0 unspecified atom stereocenters. The Labute approximate surface area is 164 Å². The van der Waals surface area contributed by atoms with Crippen LogP contribution in [-0.4, -0.2) is 33.4 Å². The minimum Gasteiger partial charge on any atom is -0.456 e. The quantitative estimate of drug-likeness (QED) is 0.709. The van der Waals surface area contributed by atoms with Crippen LogP contribution in [-0.2, 0) is 11.3 Å². The topological polar surface area (TPSA) is 67.3 Å². The molecule has 2 aromatic heterocycles. The highest BCUT2D eigenvalue weighted by molar-refractivity contribution is 5.95. The molecule has 0 saturated carbocycles. The van der Waals surface area contributed by atoms with Gasteiger partial charge in [0.15, 0.2) is 0 Å². The first-order valence-corrected chi connectivity index (χ1v) is 9.41. The fourth-order valence-electron chi connectivity index (χ4n) is 3.39. The molecule has 1 fully saturated rings. The summed E-state index contributed by atoms with van der Waals surface area (Å²) < 4.78 is 5.73. The molecule has 1 atom stereocenters. The summed E-state index contributed by atoms with van der Waals surface area (Å²) in [6.45, 7) is 1.60. The number of carbonyl (C=O) groups is 1. The van der Waals surface area contributed by atoms with Gasteiger partial charge in [-0.1, -0.05) is 6.07 Å². The van der Waals surface area contributed by atoms with Crippen LogP contribution in [0.5, 0.6) is 11.5 Å². The summed E-state index contributed by atoms with van der Waals surface area (Å²) in [4.78, 5) is 23.4. The molecular weight excluding hydrogens is 352 g/mol. The second-order valence-corrected chi connectivity index (χ2v) is 6.75. The van der Waals surface area contributed by atoms with Gasteiger partial charge >= 0.3 is 0 Å². The van der Waals surface area contributed by atoms with Crippen molar-refractivity contribution in [3.63, 3.8) is 0 Å². The average molecular weight is 374 g/mol. The van der Waals surface area contributed by atoms with Gasteiger partial charge in [-0.3, -0.25) is 19.7 Å². The lowest BCUT2D eigenvalue weighted by atomic mass is 10.2. The van der Waals surface area contributed by atoms with Crippen LogP contribution in [0.1, 0.15) is 18.5 Å². The number of likely N-dealkylation sites (tertiary alicyclic amines) is 1. The van der Waals surface area contributed by atoms with Gasteiger partial charge in [0.25, 0.3) is 0 Å². The van der Waals surface area contributed by atoms with Crippen LogP contribution in [0.25, 0.3) is 0 Å². The Morgan fingerprint density at radius 2 is 1.96 bits per heavy atom. The number of nitrogens with zero attached hydrogens (tertiary/aromatic N) is 3. The minimum atomic E-state index is -0.131. The summed E-state index contributed by atoms with van der Waals surface area (Å²) in [7, 11) is 0. The van der Waals surface area contributed by atoms with E-state index in [9.17, 15) is 4.79 Å². The van der Waals surface area contributed by atoms with E-state index in [1.54, 1.807) is 18.6 Å². The van der Waals surface area contributed by atoms with Crippen molar-refractivity contribution in [1.82, 2.24) is 14.9 Å². The highest BCUT2D eigenvalue weighted by Gasteiger charge is 2.30. The molecule has 28 heavy (non-hydrogen) atoms. The Morgan fingerprint density at radius 3 is 2.71 bits per heavy atom. The first kappa shape index (κ1) is 18.1. The fraction of sp³-hybridized carbons (Fsp3) is 0.227. The van der Waals surface area contributed by atoms with Crippen molar-refractivity contribution in [2.45, 2.75) is 25.4 Å². The standard InChI is InChI=1S/C22H22N4O2/c27-22(21-7-4-14-26(21)16-18-5-1-2-13-24-18)25-17-8-10-19(11-9-17)28-20-6-3-12-23-15-20/h1-3,5-6,8-13,15,21H,4,7,14,16H2,(H,25,27)/t21-/m0/s1. The zero-order valence-corrected chi connectivity index (χ0v) is 15.5. The van der Waals surface area contributed by atoms with E-state index in [0.29, 0.717) is 18.0 Å². The minimum absolute atomic E-state index is 0.0226. The Bertz CT molecular complexity index is 901. The van der Waals surface area contributed by atoms with E-state index in [1.807, 2.05) is 54.6 Å². The van der Waals surface area contributed by atoms with Crippen LogP contribution in [0, 0.1) is 0 Å². The molecule has 4 rings (SSSR count). The number of benzene rings is 1. The van der Waals surface area contributed by atoms with E-state index >= 15 is 0 Å². The normalized spacial score (nSPS) is 16.6. The van der Waals surface area contributed by atoms with E-state index in [2.05, 4.69) is 20.2 Å². The molecule has 6 nitrogen and oxygen atoms in total. The van der Waals surface area contributed by atoms with Crippen molar-refractivity contribution < 1.29 is 9.53 Å². The maximum absolute atomic E-state index is 12.8. The number of pyridine rings is 2. The molecular formula is C22H22N4O2. The van der Waals surface area contributed by atoms with E-state index in [4.69, 9.17) is 4.74 Å². The number of nitrogens with one attached hydrogen (secondary N) is 1. The Morgan fingerprint density at radius 1 is 1.07 bits per heavy atom. The van der Waals surface area contributed by atoms with Gasteiger partial charge in [0, 0.05) is 24.6 Å². The lowest BCUT2D eigenvalue weighted by Crippen LogP contribution is -2.39. The first-order chi connectivity index (χ1) is 13.8. The summed E-state index contributed by atoms with van der Waals surface area (Å²) in [6, 6.07) is 16.8. The molecule has 3 aromatic rings. The van der Waals surface area contributed by atoms with Crippen molar-refractivity contribution in [3.05, 3.63) is 78.9 Å². The van der Waals surface area contributed by atoms with Gasteiger partial charge in [0.1, 0.15) is 11.5 Å². The molecule has 0 spiro atoms. The first-order valence-electron chi connectivity index (χ1n) is 9.41. The van der Waals surface area contributed by atoms with Crippen LogP contribution < -0.4 is 10.1 Å². The molecule has 142 valence electrons. The fourth-order valence-corrected chi connectivity index (χ4v) is 3.39. The highest BCUT2D eigenvalue weighted by atomic mass is 16.5. The van der Waals surface area contributed by atoms with Gasteiger partial charge in [-0.15, -0.1) is 0 Å². The number of rotatable bonds is 6. The van der Waals surface area contributed by atoms with Gasteiger partial charge in [0.05, 0.1) is 17.9 Å². The van der Waals surface area contributed by atoms with Crippen LogP contribution >= 0.6 is 0 Å². The molecule has 1 aliphatic heterocycles. The van der Waals surface area contributed by atoms with E-state index in [1.165, 1.54) is 0 Å². The average Bonchev–Trinajstić information content (AvgIpc) is 3.19. The zero-order valence-electron chi connectivity index (χ0n) is 15.5. The van der Waals surface area contributed by atoms with Crippen LogP contribution in [0.15, 0.2) is 73.2 Å². The number of aromatic nitrogens is 2. The Balaban J connectivity index is 1.36. The maximum Gasteiger partial charge on any atom is 0.241 e. The lowest BCUT2D eigenvalue weighted by molar-refractivity contribution is -0.120. The number of hydrogen-bond donors (Lipinski definition) is 1. The van der Waals surface area contributed by atoms with Crippen molar-refractivity contribution in [3.8, 4) is 11.5 Å². The maximum atomic E-state index is 12.8. The predicted octanol–water partition coefficient (Wildman–Crippen LogP) is 3.87. The number of hydrogen-bond acceptors (Lipinski definition) is 5. The van der Waals surface area contributed by atoms with Gasteiger partial charge in [0.2, 0.25) is 5.91 Å². The van der Waals surface area contributed by atoms with Crippen molar-refractivity contribution in [1.29, 1.82) is 0 Å². The summed E-state index contributed by atoms with van der Waals surface area (Å²) in [5.74, 6) is 1.40. The third-order valence-electron chi connectivity index (χ3n) is 4.75. The van der Waals surface area contributed by atoms with Crippen LogP contribution in [0.3, 0.4) is 0 Å². The second kappa shape index (κ2) is 8.63. The largest absolute Gasteiger partial charge is 0.456 e. The number of amides is 1. The van der Waals surface area contributed by atoms with Gasteiger partial charge < -0.3 is 10.1 Å². The molecule has 0 radical (unpaired) electrons. The van der Waals surface area contributed by atoms with E-state index < -0.39 is 0 Å². The van der Waals surface area contributed by atoms with Gasteiger partial charge in [-0.05, 0) is 67.9 Å². The van der Waals surface area contributed by atoms with Crippen LogP contribution in [0.2, 0.25) is 0 Å². The molecule has 0 aliphatic carbocycles. The van der Waals surface area contributed by atoms with Gasteiger partial charge in [-0.2, -0.15) is 0 Å². The Kier molecular flexibility index (Phi) is 5.58. The smallest absolute Gasteiger partial charge is 0.241 e.